The molecule has 1 saturated heterocycles. The van der Waals surface area contributed by atoms with Gasteiger partial charge >= 0.3 is 0 Å². The molecule has 0 atom stereocenters. The van der Waals surface area contributed by atoms with E-state index in [2.05, 4.69) is 9.80 Å². The van der Waals surface area contributed by atoms with Crippen LogP contribution in [0.1, 0.15) is 0 Å². The number of piperazine rings is 1. The summed E-state index contributed by atoms with van der Waals surface area (Å²) in [5.41, 5.74) is 0. The van der Waals surface area contributed by atoms with Crippen molar-refractivity contribution in [1.29, 1.82) is 0 Å². The second kappa shape index (κ2) is 11.6. The van der Waals surface area contributed by atoms with Crippen LogP contribution in [-0.2, 0) is 14.2 Å². The van der Waals surface area contributed by atoms with Crippen molar-refractivity contribution in [1.82, 2.24) is 9.80 Å². The number of ether oxygens (including phenoxy) is 3. The Hall–Kier alpha value is -0.240. The van der Waals surface area contributed by atoms with E-state index < -0.39 is 0 Å². The Bertz CT molecular complexity index is 199. The molecule has 1 aliphatic rings. The van der Waals surface area contributed by atoms with Crippen LogP contribution in [0, 0.1) is 0 Å². The van der Waals surface area contributed by atoms with Crippen molar-refractivity contribution in [2.45, 2.75) is 0 Å². The number of hydrogen-bond donors (Lipinski definition) is 1. The standard InChI is InChI=1S/C13H28N2O4/c1-17-10-11-19-13-12-18-9-7-15-4-2-14(3-5-15)6-8-16/h16H,2-13H2,1H3. The molecule has 114 valence electrons. The molecule has 0 bridgehead atoms. The molecule has 0 amide bonds. The van der Waals surface area contributed by atoms with Gasteiger partial charge in [-0.3, -0.25) is 9.80 Å². The van der Waals surface area contributed by atoms with Gasteiger partial charge in [-0.15, -0.1) is 0 Å². The zero-order valence-electron chi connectivity index (χ0n) is 12.1. The van der Waals surface area contributed by atoms with Crippen LogP contribution < -0.4 is 0 Å². The van der Waals surface area contributed by atoms with Crippen LogP contribution in [0.2, 0.25) is 0 Å². The highest BCUT2D eigenvalue weighted by molar-refractivity contribution is 4.71. The lowest BCUT2D eigenvalue weighted by Gasteiger charge is -2.34. The lowest BCUT2D eigenvalue weighted by molar-refractivity contribution is 0.0153. The predicted octanol–water partition coefficient (Wildman–Crippen LogP) is -0.724. The summed E-state index contributed by atoms with van der Waals surface area (Å²) in [4.78, 5) is 4.70. The maximum atomic E-state index is 8.87. The van der Waals surface area contributed by atoms with E-state index in [0.717, 1.165) is 45.9 Å². The second-order valence-electron chi connectivity index (χ2n) is 4.62. The smallest absolute Gasteiger partial charge is 0.0701 e. The van der Waals surface area contributed by atoms with Gasteiger partial charge in [-0.25, -0.2) is 0 Å². The fourth-order valence-corrected chi connectivity index (χ4v) is 2.04. The minimum atomic E-state index is 0.256. The molecule has 1 fully saturated rings. The number of β-amino-alcohol motifs (C(OH)–C–C–N with tert-alkyl or cyclic N) is 1. The summed E-state index contributed by atoms with van der Waals surface area (Å²) in [6, 6.07) is 0. The molecular weight excluding hydrogens is 248 g/mol. The fourth-order valence-electron chi connectivity index (χ4n) is 2.04. The van der Waals surface area contributed by atoms with Crippen molar-refractivity contribution in [2.75, 3.05) is 86.0 Å². The summed E-state index contributed by atoms with van der Waals surface area (Å²) in [6.45, 7) is 9.55. The Morgan fingerprint density at radius 2 is 1.32 bits per heavy atom. The summed E-state index contributed by atoms with van der Waals surface area (Å²) in [6.07, 6.45) is 0. The first-order chi connectivity index (χ1) is 9.36. The SMILES string of the molecule is COCCOCCOCCN1CCN(CCO)CC1. The summed E-state index contributed by atoms with van der Waals surface area (Å²) in [5.74, 6) is 0. The predicted molar refractivity (Wildman–Crippen MR) is 73.5 cm³/mol. The molecule has 0 saturated carbocycles. The van der Waals surface area contributed by atoms with E-state index in [1.807, 2.05) is 0 Å². The molecule has 0 aromatic heterocycles. The zero-order chi connectivity index (χ0) is 13.8. The first-order valence-corrected chi connectivity index (χ1v) is 7.07. The largest absolute Gasteiger partial charge is 0.395 e. The third-order valence-corrected chi connectivity index (χ3v) is 3.24. The Kier molecular flexibility index (Phi) is 10.2. The van der Waals surface area contributed by atoms with Crippen LogP contribution in [-0.4, -0.2) is 101 Å². The van der Waals surface area contributed by atoms with Gasteiger partial charge in [0.2, 0.25) is 0 Å². The van der Waals surface area contributed by atoms with Gasteiger partial charge < -0.3 is 19.3 Å². The van der Waals surface area contributed by atoms with Gasteiger partial charge in [0.1, 0.15) is 0 Å². The number of hydrogen-bond acceptors (Lipinski definition) is 6. The molecule has 6 nitrogen and oxygen atoms in total. The Morgan fingerprint density at radius 1 is 0.789 bits per heavy atom. The Balaban J connectivity index is 1.85. The Labute approximate surface area is 116 Å². The monoisotopic (exact) mass is 276 g/mol. The average Bonchev–Trinajstić information content (AvgIpc) is 2.44. The maximum absolute atomic E-state index is 8.87. The van der Waals surface area contributed by atoms with E-state index in [1.54, 1.807) is 7.11 Å². The van der Waals surface area contributed by atoms with Gasteiger partial charge in [-0.2, -0.15) is 0 Å². The molecule has 0 radical (unpaired) electrons. The molecular formula is C13H28N2O4. The summed E-state index contributed by atoms with van der Waals surface area (Å²) >= 11 is 0. The molecule has 1 N–H and O–H groups in total. The zero-order valence-corrected chi connectivity index (χ0v) is 12.1. The highest BCUT2D eigenvalue weighted by atomic mass is 16.5. The highest BCUT2D eigenvalue weighted by Crippen LogP contribution is 2.00. The molecule has 0 aromatic carbocycles. The van der Waals surface area contributed by atoms with Crippen LogP contribution in [0.15, 0.2) is 0 Å². The van der Waals surface area contributed by atoms with Crippen LogP contribution in [0.25, 0.3) is 0 Å². The van der Waals surface area contributed by atoms with Crippen molar-refractivity contribution >= 4 is 0 Å². The van der Waals surface area contributed by atoms with E-state index in [4.69, 9.17) is 19.3 Å². The first kappa shape index (κ1) is 16.8. The maximum Gasteiger partial charge on any atom is 0.0701 e. The van der Waals surface area contributed by atoms with Crippen LogP contribution >= 0.6 is 0 Å². The van der Waals surface area contributed by atoms with Crippen molar-refractivity contribution in [2.24, 2.45) is 0 Å². The molecule has 0 spiro atoms. The van der Waals surface area contributed by atoms with Crippen LogP contribution in [0.5, 0.6) is 0 Å². The van der Waals surface area contributed by atoms with E-state index in [0.29, 0.717) is 26.4 Å². The number of rotatable bonds is 11. The van der Waals surface area contributed by atoms with Gasteiger partial charge in [0.15, 0.2) is 0 Å². The van der Waals surface area contributed by atoms with Crippen molar-refractivity contribution < 1.29 is 19.3 Å². The fraction of sp³-hybridized carbons (Fsp3) is 1.00. The summed E-state index contributed by atoms with van der Waals surface area (Å²) < 4.78 is 15.7. The van der Waals surface area contributed by atoms with E-state index in [-0.39, 0.29) is 6.61 Å². The highest BCUT2D eigenvalue weighted by Gasteiger charge is 2.15. The minimum absolute atomic E-state index is 0.256. The second-order valence-corrected chi connectivity index (χ2v) is 4.62. The van der Waals surface area contributed by atoms with Gasteiger partial charge in [0, 0.05) is 46.4 Å². The van der Waals surface area contributed by atoms with Gasteiger partial charge in [-0.05, 0) is 0 Å². The first-order valence-electron chi connectivity index (χ1n) is 7.07. The van der Waals surface area contributed by atoms with Crippen molar-refractivity contribution in [3.8, 4) is 0 Å². The number of aliphatic hydroxyl groups is 1. The Morgan fingerprint density at radius 3 is 1.89 bits per heavy atom. The number of methoxy groups -OCH3 is 1. The molecule has 6 heteroatoms. The van der Waals surface area contributed by atoms with E-state index >= 15 is 0 Å². The number of aliphatic hydroxyl groups excluding tert-OH is 1. The van der Waals surface area contributed by atoms with E-state index in [1.165, 1.54) is 0 Å². The third-order valence-electron chi connectivity index (χ3n) is 3.24. The molecule has 19 heavy (non-hydrogen) atoms. The average molecular weight is 276 g/mol. The minimum Gasteiger partial charge on any atom is -0.395 e. The molecule has 0 unspecified atom stereocenters. The normalized spacial score (nSPS) is 18.0. The van der Waals surface area contributed by atoms with Gasteiger partial charge in [-0.1, -0.05) is 0 Å². The third kappa shape index (κ3) is 8.52. The van der Waals surface area contributed by atoms with E-state index in [9.17, 15) is 0 Å². The molecule has 1 aliphatic heterocycles. The van der Waals surface area contributed by atoms with Crippen molar-refractivity contribution in [3.05, 3.63) is 0 Å². The van der Waals surface area contributed by atoms with Gasteiger partial charge in [0.25, 0.3) is 0 Å². The molecule has 1 heterocycles. The lowest BCUT2D eigenvalue weighted by atomic mass is 10.3. The number of nitrogens with zero attached hydrogens (tertiary/aromatic N) is 2. The summed E-state index contributed by atoms with van der Waals surface area (Å²) in [7, 11) is 1.67. The molecule has 1 rings (SSSR count). The molecule has 0 aliphatic carbocycles. The lowest BCUT2D eigenvalue weighted by Crippen LogP contribution is -2.47. The van der Waals surface area contributed by atoms with Gasteiger partial charge in [0.05, 0.1) is 39.6 Å². The topological polar surface area (TPSA) is 54.4 Å². The van der Waals surface area contributed by atoms with Crippen LogP contribution in [0.4, 0.5) is 0 Å². The van der Waals surface area contributed by atoms with Crippen LogP contribution in [0.3, 0.4) is 0 Å². The van der Waals surface area contributed by atoms with Crippen molar-refractivity contribution in [3.63, 3.8) is 0 Å². The quantitative estimate of drug-likeness (QED) is 0.503. The summed E-state index contributed by atoms with van der Waals surface area (Å²) in [5, 5.41) is 8.87. The molecule has 0 aromatic rings.